The quantitative estimate of drug-likeness (QED) is 0.658. The number of aromatic nitrogens is 1. The Bertz CT molecular complexity index is 563. The molecule has 1 aromatic rings. The van der Waals surface area contributed by atoms with E-state index in [0.29, 0.717) is 11.9 Å². The molecule has 8 nitrogen and oxygen atoms in total. The van der Waals surface area contributed by atoms with Crippen molar-refractivity contribution in [3.8, 4) is 0 Å². The number of anilines is 1. The average Bonchev–Trinajstić information content (AvgIpc) is 2.46. The molecule has 1 aliphatic heterocycles. The summed E-state index contributed by atoms with van der Waals surface area (Å²) >= 11 is 0. The second-order valence-electron chi connectivity index (χ2n) is 5.05. The van der Waals surface area contributed by atoms with E-state index in [0.717, 1.165) is 32.4 Å². The molecule has 1 aromatic heterocycles. The molecule has 1 atom stereocenters. The molecule has 0 spiro atoms. The molecule has 1 N–H and O–H groups in total. The highest BCUT2D eigenvalue weighted by Gasteiger charge is 2.26. The third-order valence-corrected chi connectivity index (χ3v) is 3.79. The highest BCUT2D eigenvalue weighted by molar-refractivity contribution is 5.93. The van der Waals surface area contributed by atoms with Crippen LogP contribution in [0.3, 0.4) is 0 Å². The van der Waals surface area contributed by atoms with Crippen LogP contribution in [-0.2, 0) is 0 Å². The second-order valence-corrected chi connectivity index (χ2v) is 5.05. The number of nitro groups is 1. The van der Waals surface area contributed by atoms with Crippen molar-refractivity contribution in [3.05, 3.63) is 27.9 Å². The molecule has 0 amide bonds. The summed E-state index contributed by atoms with van der Waals surface area (Å²) < 4.78 is 0. The number of likely N-dealkylation sites (N-methyl/N-ethyl adjacent to an activating group) is 1. The van der Waals surface area contributed by atoms with Gasteiger partial charge in [-0.1, -0.05) is 6.92 Å². The van der Waals surface area contributed by atoms with Gasteiger partial charge in [-0.25, -0.2) is 9.78 Å². The van der Waals surface area contributed by atoms with Crippen LogP contribution in [0.25, 0.3) is 0 Å². The minimum absolute atomic E-state index is 0.324. The molecule has 2 heterocycles. The minimum atomic E-state index is -1.31. The largest absolute Gasteiger partial charge is 0.477 e. The van der Waals surface area contributed by atoms with E-state index in [4.69, 9.17) is 5.11 Å². The zero-order chi connectivity index (χ0) is 15.6. The molecule has 1 fully saturated rings. The van der Waals surface area contributed by atoms with Crippen LogP contribution in [0.2, 0.25) is 0 Å². The molecule has 0 saturated carbocycles. The van der Waals surface area contributed by atoms with E-state index in [1.165, 1.54) is 6.07 Å². The number of hydrogen-bond donors (Lipinski definition) is 1. The monoisotopic (exact) mass is 294 g/mol. The van der Waals surface area contributed by atoms with Crippen molar-refractivity contribution in [2.75, 3.05) is 31.1 Å². The SMILES string of the molecule is CCN1CCN(c2cc(C(=O)O)c([N+](=O)[O-])cn2)CC1C. The zero-order valence-electron chi connectivity index (χ0n) is 12.0. The Kier molecular flexibility index (Phi) is 4.37. The molecule has 0 aromatic carbocycles. The van der Waals surface area contributed by atoms with Crippen LogP contribution in [-0.4, -0.2) is 58.1 Å². The summed E-state index contributed by atoms with van der Waals surface area (Å²) in [5.41, 5.74) is -0.804. The zero-order valence-corrected chi connectivity index (χ0v) is 12.0. The van der Waals surface area contributed by atoms with Crippen molar-refractivity contribution in [3.63, 3.8) is 0 Å². The molecule has 0 aliphatic carbocycles. The van der Waals surface area contributed by atoms with Gasteiger partial charge in [0.1, 0.15) is 17.6 Å². The topological polar surface area (TPSA) is 99.8 Å². The fourth-order valence-corrected chi connectivity index (χ4v) is 2.60. The van der Waals surface area contributed by atoms with Crippen LogP contribution in [0.1, 0.15) is 24.2 Å². The summed E-state index contributed by atoms with van der Waals surface area (Å²) in [4.78, 5) is 29.6. The van der Waals surface area contributed by atoms with Crippen LogP contribution in [0.15, 0.2) is 12.3 Å². The van der Waals surface area contributed by atoms with Gasteiger partial charge in [0.05, 0.1) is 4.92 Å². The normalized spacial score (nSPS) is 19.5. The first-order chi connectivity index (χ1) is 9.93. The fourth-order valence-electron chi connectivity index (χ4n) is 2.60. The standard InChI is InChI=1S/C13H18N4O4/c1-3-15-4-5-16(8-9(15)2)12-6-10(13(18)19)11(7-14-12)17(20)21/h6-7,9H,3-5,8H2,1-2H3,(H,18,19). The molecule has 0 radical (unpaired) electrons. The van der Waals surface area contributed by atoms with E-state index in [-0.39, 0.29) is 5.56 Å². The fraction of sp³-hybridized carbons (Fsp3) is 0.538. The molecular formula is C13H18N4O4. The predicted octanol–water partition coefficient (Wildman–Crippen LogP) is 1.22. The van der Waals surface area contributed by atoms with E-state index in [1.807, 2.05) is 4.90 Å². The van der Waals surface area contributed by atoms with Crippen molar-refractivity contribution in [2.24, 2.45) is 0 Å². The lowest BCUT2D eigenvalue weighted by atomic mass is 10.1. The lowest BCUT2D eigenvalue weighted by Crippen LogP contribution is -2.52. The Morgan fingerprint density at radius 2 is 2.29 bits per heavy atom. The van der Waals surface area contributed by atoms with Crippen molar-refractivity contribution in [1.82, 2.24) is 9.88 Å². The van der Waals surface area contributed by atoms with E-state index in [9.17, 15) is 14.9 Å². The number of aromatic carboxylic acids is 1. The van der Waals surface area contributed by atoms with Crippen LogP contribution >= 0.6 is 0 Å². The van der Waals surface area contributed by atoms with E-state index in [1.54, 1.807) is 0 Å². The lowest BCUT2D eigenvalue weighted by Gasteiger charge is -2.39. The number of piperazine rings is 1. The Labute approximate surface area is 122 Å². The molecule has 0 bridgehead atoms. The van der Waals surface area contributed by atoms with Gasteiger partial charge in [-0.3, -0.25) is 15.0 Å². The van der Waals surface area contributed by atoms with Crippen molar-refractivity contribution in [2.45, 2.75) is 19.9 Å². The van der Waals surface area contributed by atoms with Crippen LogP contribution < -0.4 is 4.90 Å². The van der Waals surface area contributed by atoms with Gasteiger partial charge in [0.25, 0.3) is 0 Å². The third-order valence-electron chi connectivity index (χ3n) is 3.79. The van der Waals surface area contributed by atoms with Crippen LogP contribution in [0, 0.1) is 10.1 Å². The predicted molar refractivity (Wildman–Crippen MR) is 76.8 cm³/mol. The number of rotatable bonds is 4. The molecular weight excluding hydrogens is 276 g/mol. The number of carbonyl (C=O) groups is 1. The van der Waals surface area contributed by atoms with Crippen molar-refractivity contribution >= 4 is 17.5 Å². The molecule has 114 valence electrons. The molecule has 2 rings (SSSR count). The summed E-state index contributed by atoms with van der Waals surface area (Å²) in [6.45, 7) is 7.46. The number of carboxylic acid groups (broad SMARTS) is 1. The maximum atomic E-state index is 11.2. The lowest BCUT2D eigenvalue weighted by molar-refractivity contribution is -0.385. The number of carboxylic acids is 1. The smallest absolute Gasteiger partial charge is 0.342 e. The molecule has 8 heteroatoms. The van der Waals surface area contributed by atoms with E-state index < -0.39 is 16.6 Å². The summed E-state index contributed by atoms with van der Waals surface area (Å²) in [5, 5.41) is 19.9. The molecule has 21 heavy (non-hydrogen) atoms. The maximum absolute atomic E-state index is 11.2. The van der Waals surface area contributed by atoms with Crippen LogP contribution in [0.5, 0.6) is 0 Å². The van der Waals surface area contributed by atoms with Gasteiger partial charge >= 0.3 is 11.7 Å². The summed E-state index contributed by atoms with van der Waals surface area (Å²) in [5.74, 6) is -0.841. The van der Waals surface area contributed by atoms with Gasteiger partial charge < -0.3 is 10.0 Å². The van der Waals surface area contributed by atoms with Crippen molar-refractivity contribution < 1.29 is 14.8 Å². The molecule has 1 aliphatic rings. The van der Waals surface area contributed by atoms with Crippen molar-refractivity contribution in [1.29, 1.82) is 0 Å². The summed E-state index contributed by atoms with van der Waals surface area (Å²) in [6.07, 6.45) is 1.02. The Balaban J connectivity index is 2.27. The summed E-state index contributed by atoms with van der Waals surface area (Å²) in [6, 6.07) is 1.61. The third kappa shape index (κ3) is 3.10. The average molecular weight is 294 g/mol. The highest BCUT2D eigenvalue weighted by Crippen LogP contribution is 2.24. The molecule has 1 saturated heterocycles. The van der Waals surface area contributed by atoms with Gasteiger partial charge in [-0.15, -0.1) is 0 Å². The Hall–Kier alpha value is -2.22. The van der Waals surface area contributed by atoms with E-state index >= 15 is 0 Å². The number of nitrogens with zero attached hydrogens (tertiary/aromatic N) is 4. The van der Waals surface area contributed by atoms with Gasteiger partial charge in [-0.2, -0.15) is 0 Å². The number of hydrogen-bond acceptors (Lipinski definition) is 6. The Morgan fingerprint density at radius 1 is 1.57 bits per heavy atom. The maximum Gasteiger partial charge on any atom is 0.342 e. The number of pyridine rings is 1. The Morgan fingerprint density at radius 3 is 2.81 bits per heavy atom. The summed E-state index contributed by atoms with van der Waals surface area (Å²) in [7, 11) is 0. The van der Waals surface area contributed by atoms with E-state index in [2.05, 4.69) is 23.7 Å². The minimum Gasteiger partial charge on any atom is -0.477 e. The van der Waals surface area contributed by atoms with Gasteiger partial charge in [0.15, 0.2) is 0 Å². The van der Waals surface area contributed by atoms with Gasteiger partial charge in [0, 0.05) is 31.7 Å². The second kappa shape index (κ2) is 6.04. The first kappa shape index (κ1) is 15.2. The highest BCUT2D eigenvalue weighted by atomic mass is 16.6. The molecule has 1 unspecified atom stereocenters. The van der Waals surface area contributed by atoms with Gasteiger partial charge in [-0.05, 0) is 13.5 Å². The first-order valence-corrected chi connectivity index (χ1v) is 6.80. The first-order valence-electron chi connectivity index (χ1n) is 6.80. The van der Waals surface area contributed by atoms with Crippen LogP contribution in [0.4, 0.5) is 11.5 Å². The van der Waals surface area contributed by atoms with Gasteiger partial charge in [0.2, 0.25) is 0 Å².